The Labute approximate surface area is 135 Å². The highest BCUT2D eigenvalue weighted by Crippen LogP contribution is 2.55. The maximum atomic E-state index is 12.1. The first-order chi connectivity index (χ1) is 9.86. The minimum absolute atomic E-state index is 0. The summed E-state index contributed by atoms with van der Waals surface area (Å²) < 4.78 is 0. The van der Waals surface area contributed by atoms with Gasteiger partial charge in [0.15, 0.2) is 0 Å². The van der Waals surface area contributed by atoms with Crippen LogP contribution in [0.25, 0.3) is 0 Å². The molecule has 4 heteroatoms. The van der Waals surface area contributed by atoms with Gasteiger partial charge in [-0.2, -0.15) is 0 Å². The van der Waals surface area contributed by atoms with Crippen LogP contribution in [0, 0.1) is 17.8 Å². The fourth-order valence-corrected chi connectivity index (χ4v) is 4.44. The van der Waals surface area contributed by atoms with Gasteiger partial charge >= 0.3 is 0 Å². The van der Waals surface area contributed by atoms with Crippen molar-refractivity contribution in [2.75, 3.05) is 13.1 Å². The van der Waals surface area contributed by atoms with Gasteiger partial charge in [0.1, 0.15) is 0 Å². The molecule has 0 aromatic rings. The van der Waals surface area contributed by atoms with E-state index in [4.69, 9.17) is 0 Å². The molecular weight excluding hydrogens is 284 g/mol. The molecule has 3 aliphatic carbocycles. The van der Waals surface area contributed by atoms with E-state index < -0.39 is 0 Å². The predicted molar refractivity (Wildman–Crippen MR) is 88.7 cm³/mol. The number of rotatable bonds is 5. The molecule has 0 radical (unpaired) electrons. The molecule has 2 atom stereocenters. The lowest BCUT2D eigenvalue weighted by atomic mass is 10.0. The van der Waals surface area contributed by atoms with Crippen molar-refractivity contribution >= 4 is 18.3 Å². The minimum atomic E-state index is 0. The second kappa shape index (κ2) is 8.38. The summed E-state index contributed by atoms with van der Waals surface area (Å²) in [4.78, 5) is 12.1. The number of carbonyl (C=O) groups is 1. The van der Waals surface area contributed by atoms with Crippen LogP contribution in [0.1, 0.15) is 64.2 Å². The molecule has 3 aliphatic rings. The van der Waals surface area contributed by atoms with Gasteiger partial charge in [-0.25, -0.2) is 0 Å². The highest BCUT2D eigenvalue weighted by atomic mass is 35.5. The minimum Gasteiger partial charge on any atom is -0.355 e. The Kier molecular flexibility index (Phi) is 6.81. The normalized spacial score (nSPS) is 32.5. The third kappa shape index (κ3) is 4.59. The van der Waals surface area contributed by atoms with E-state index in [1.807, 2.05) is 0 Å². The van der Waals surface area contributed by atoms with Gasteiger partial charge in [0.05, 0.1) is 0 Å². The highest BCUT2D eigenvalue weighted by molar-refractivity contribution is 5.85. The summed E-state index contributed by atoms with van der Waals surface area (Å²) in [6.07, 6.45) is 13.5. The van der Waals surface area contributed by atoms with Crippen LogP contribution in [0.15, 0.2) is 0 Å². The van der Waals surface area contributed by atoms with Gasteiger partial charge in [0.2, 0.25) is 5.91 Å². The first-order valence-electron chi connectivity index (χ1n) is 8.87. The van der Waals surface area contributed by atoms with Gasteiger partial charge in [-0.05, 0) is 37.5 Å². The Hall–Kier alpha value is -0.280. The van der Waals surface area contributed by atoms with Crippen LogP contribution in [0.3, 0.4) is 0 Å². The third-order valence-electron chi connectivity index (χ3n) is 5.67. The number of nitrogens with one attached hydrogen (secondary N) is 2. The van der Waals surface area contributed by atoms with Crippen molar-refractivity contribution in [3.8, 4) is 0 Å². The highest BCUT2D eigenvalue weighted by Gasteiger charge is 2.54. The predicted octanol–water partition coefficient (Wildman–Crippen LogP) is 3.27. The van der Waals surface area contributed by atoms with Crippen LogP contribution in [-0.2, 0) is 4.79 Å². The van der Waals surface area contributed by atoms with E-state index in [2.05, 4.69) is 10.6 Å². The average Bonchev–Trinajstić information content (AvgIpc) is 3.23. The second-order valence-corrected chi connectivity index (χ2v) is 7.07. The molecule has 2 unspecified atom stereocenters. The molecule has 0 spiro atoms. The quantitative estimate of drug-likeness (QED) is 0.604. The fraction of sp³-hybridized carbons (Fsp3) is 0.941. The molecule has 1 amide bonds. The zero-order valence-electron chi connectivity index (χ0n) is 13.1. The molecule has 0 heterocycles. The third-order valence-corrected chi connectivity index (χ3v) is 5.67. The van der Waals surface area contributed by atoms with E-state index in [1.54, 1.807) is 0 Å². The Morgan fingerprint density at radius 1 is 0.810 bits per heavy atom. The van der Waals surface area contributed by atoms with Crippen molar-refractivity contribution in [2.45, 2.75) is 70.3 Å². The summed E-state index contributed by atoms with van der Waals surface area (Å²) in [6, 6.07) is 0.693. The summed E-state index contributed by atoms with van der Waals surface area (Å²) in [6.45, 7) is 1.75. The topological polar surface area (TPSA) is 41.1 Å². The van der Waals surface area contributed by atoms with Crippen molar-refractivity contribution in [3.63, 3.8) is 0 Å². The standard InChI is InChI=1S/C17H30N2O.ClH/c20-17(16-14-9-5-6-10-15(14)16)19-12-11-18-13-7-3-1-2-4-8-13;/h13-16,18H,1-12H2,(H,19,20);1H. The van der Waals surface area contributed by atoms with Crippen LogP contribution >= 0.6 is 12.4 Å². The average molecular weight is 315 g/mol. The van der Waals surface area contributed by atoms with Gasteiger partial charge in [-0.3, -0.25) is 4.79 Å². The summed E-state index contributed by atoms with van der Waals surface area (Å²) in [5, 5.41) is 6.78. The number of fused-ring (bicyclic) bond motifs is 1. The van der Waals surface area contributed by atoms with Gasteiger partial charge < -0.3 is 10.6 Å². The maximum Gasteiger partial charge on any atom is 0.223 e. The first kappa shape index (κ1) is 17.1. The molecule has 3 saturated carbocycles. The molecule has 122 valence electrons. The van der Waals surface area contributed by atoms with Crippen LogP contribution in [0.2, 0.25) is 0 Å². The Bertz CT molecular complexity index is 317. The van der Waals surface area contributed by atoms with E-state index in [0.717, 1.165) is 24.9 Å². The van der Waals surface area contributed by atoms with E-state index >= 15 is 0 Å². The Morgan fingerprint density at radius 3 is 2.00 bits per heavy atom. The largest absolute Gasteiger partial charge is 0.355 e. The Balaban J connectivity index is 0.00000161. The van der Waals surface area contributed by atoms with Gasteiger partial charge in [-0.1, -0.05) is 38.5 Å². The van der Waals surface area contributed by atoms with Gasteiger partial charge in [-0.15, -0.1) is 12.4 Å². The first-order valence-corrected chi connectivity index (χ1v) is 8.87. The Morgan fingerprint density at radius 2 is 1.38 bits per heavy atom. The second-order valence-electron chi connectivity index (χ2n) is 7.07. The lowest BCUT2D eigenvalue weighted by molar-refractivity contribution is -0.122. The van der Waals surface area contributed by atoms with Crippen LogP contribution < -0.4 is 10.6 Å². The SMILES string of the molecule is Cl.O=C(NCCNC1CCCCCC1)C1C2CCCCC21. The smallest absolute Gasteiger partial charge is 0.223 e. The summed E-state index contributed by atoms with van der Waals surface area (Å²) in [5.74, 6) is 2.18. The molecule has 3 rings (SSSR count). The summed E-state index contributed by atoms with van der Waals surface area (Å²) in [7, 11) is 0. The number of carbonyl (C=O) groups excluding carboxylic acids is 1. The van der Waals surface area contributed by atoms with E-state index in [1.165, 1.54) is 64.2 Å². The zero-order valence-corrected chi connectivity index (χ0v) is 13.9. The number of halogens is 1. The summed E-state index contributed by atoms with van der Waals surface area (Å²) in [5.41, 5.74) is 0. The van der Waals surface area contributed by atoms with Crippen molar-refractivity contribution < 1.29 is 4.79 Å². The summed E-state index contributed by atoms with van der Waals surface area (Å²) >= 11 is 0. The molecule has 0 aromatic heterocycles. The molecule has 3 nitrogen and oxygen atoms in total. The molecule has 2 N–H and O–H groups in total. The van der Waals surface area contributed by atoms with Crippen LogP contribution in [0.4, 0.5) is 0 Å². The number of hydrogen-bond donors (Lipinski definition) is 2. The monoisotopic (exact) mass is 314 g/mol. The number of hydrogen-bond acceptors (Lipinski definition) is 2. The van der Waals surface area contributed by atoms with Crippen molar-refractivity contribution in [3.05, 3.63) is 0 Å². The molecule has 0 aromatic carbocycles. The van der Waals surface area contributed by atoms with Gasteiger partial charge in [0.25, 0.3) is 0 Å². The fourth-order valence-electron chi connectivity index (χ4n) is 4.44. The van der Waals surface area contributed by atoms with Gasteiger partial charge in [0, 0.05) is 25.0 Å². The lowest BCUT2D eigenvalue weighted by Crippen LogP contribution is -2.37. The molecule has 0 bridgehead atoms. The van der Waals surface area contributed by atoms with Crippen molar-refractivity contribution in [2.24, 2.45) is 17.8 Å². The van der Waals surface area contributed by atoms with E-state index in [0.29, 0.717) is 17.9 Å². The molecular formula is C17H31ClN2O. The van der Waals surface area contributed by atoms with Crippen LogP contribution in [-0.4, -0.2) is 25.0 Å². The maximum absolute atomic E-state index is 12.1. The van der Waals surface area contributed by atoms with E-state index in [9.17, 15) is 4.79 Å². The molecule has 0 aliphatic heterocycles. The van der Waals surface area contributed by atoms with E-state index in [-0.39, 0.29) is 12.4 Å². The zero-order chi connectivity index (χ0) is 13.8. The van der Waals surface area contributed by atoms with Crippen molar-refractivity contribution in [1.82, 2.24) is 10.6 Å². The molecule has 0 saturated heterocycles. The van der Waals surface area contributed by atoms with Crippen molar-refractivity contribution in [1.29, 1.82) is 0 Å². The molecule has 21 heavy (non-hydrogen) atoms. The molecule has 3 fully saturated rings. The lowest BCUT2D eigenvalue weighted by Gasteiger charge is -2.16. The van der Waals surface area contributed by atoms with Crippen LogP contribution in [0.5, 0.6) is 0 Å². The number of amides is 1.